The van der Waals surface area contributed by atoms with Crippen molar-refractivity contribution in [2.45, 2.75) is 33.2 Å². The second-order valence-electron chi connectivity index (χ2n) is 8.12. The summed E-state index contributed by atoms with van der Waals surface area (Å²) in [5.74, 6) is -0.954. The molecule has 0 aliphatic carbocycles. The van der Waals surface area contributed by atoms with E-state index in [2.05, 4.69) is 10.4 Å². The summed E-state index contributed by atoms with van der Waals surface area (Å²) in [6.45, 7) is 3.94. The number of Topliss-reactive ketones (excluding diaryl/α,β-unsaturated/α-hetero) is 1. The van der Waals surface area contributed by atoms with Crippen molar-refractivity contribution in [2.24, 2.45) is 0 Å². The number of aryl methyl sites for hydroxylation is 2. The van der Waals surface area contributed by atoms with Gasteiger partial charge in [0.25, 0.3) is 0 Å². The van der Waals surface area contributed by atoms with Gasteiger partial charge in [-0.25, -0.2) is 4.79 Å². The summed E-state index contributed by atoms with van der Waals surface area (Å²) in [5, 5.41) is 8.00. The largest absolute Gasteiger partial charge is 0.454 e. The molecule has 0 unspecified atom stereocenters. The lowest BCUT2D eigenvalue weighted by atomic mass is 9.99. The molecule has 7 nitrogen and oxygen atoms in total. The van der Waals surface area contributed by atoms with E-state index in [9.17, 15) is 14.4 Å². The highest BCUT2D eigenvalue weighted by atomic mass is 35.5. The molecule has 4 rings (SSSR count). The van der Waals surface area contributed by atoms with E-state index in [1.54, 1.807) is 24.3 Å². The number of ketones is 1. The normalized spacial score (nSPS) is 13.0. The quantitative estimate of drug-likeness (QED) is 0.307. The third-order valence-corrected chi connectivity index (χ3v) is 6.14. The maximum Gasteiger partial charge on any atom is 0.331 e. The van der Waals surface area contributed by atoms with Crippen LogP contribution in [0.25, 0.3) is 6.08 Å². The number of carbonyl (C=O) groups is 3. The monoisotopic (exact) mass is 477 g/mol. The van der Waals surface area contributed by atoms with Crippen LogP contribution in [0.3, 0.4) is 0 Å². The van der Waals surface area contributed by atoms with Crippen LogP contribution in [0.1, 0.15) is 44.9 Å². The van der Waals surface area contributed by atoms with Gasteiger partial charge in [-0.3, -0.25) is 14.3 Å². The number of ether oxygens (including phenoxy) is 1. The van der Waals surface area contributed by atoms with Gasteiger partial charge in [-0.2, -0.15) is 5.10 Å². The number of carbonyl (C=O) groups excluding carboxylic acids is 3. The van der Waals surface area contributed by atoms with Crippen LogP contribution in [0.4, 0.5) is 5.69 Å². The first-order valence-corrected chi connectivity index (χ1v) is 11.3. The summed E-state index contributed by atoms with van der Waals surface area (Å²) in [4.78, 5) is 36.2. The summed E-state index contributed by atoms with van der Waals surface area (Å²) in [7, 11) is 0. The number of rotatable bonds is 7. The van der Waals surface area contributed by atoms with E-state index >= 15 is 0 Å². The molecule has 3 aromatic rings. The standard InChI is InChI=1S/C26H24ClN3O4/c1-16-21(17(2)30(29-16)14-20-5-3-4-6-22(20)27)9-12-26(33)34-15-24(31)19-7-10-23-18(13-19)8-11-25(32)28-23/h3-7,9-10,12-13H,8,11,14-15H2,1-2H3,(H,28,32)/b12-9+. The number of halogens is 1. The van der Waals surface area contributed by atoms with Crippen molar-refractivity contribution in [1.82, 2.24) is 9.78 Å². The Morgan fingerprint density at radius 3 is 2.76 bits per heavy atom. The Morgan fingerprint density at radius 2 is 1.97 bits per heavy atom. The second kappa shape index (κ2) is 10.1. The maximum absolute atomic E-state index is 12.5. The smallest absolute Gasteiger partial charge is 0.331 e. The average molecular weight is 478 g/mol. The lowest BCUT2D eigenvalue weighted by molar-refractivity contribution is -0.136. The minimum absolute atomic E-state index is 0.0350. The second-order valence-corrected chi connectivity index (χ2v) is 8.53. The molecule has 0 spiro atoms. The molecule has 0 saturated heterocycles. The Labute approximate surface area is 202 Å². The fourth-order valence-electron chi connectivity index (χ4n) is 3.87. The average Bonchev–Trinajstić information content (AvgIpc) is 3.09. The molecule has 1 aliphatic heterocycles. The first-order valence-electron chi connectivity index (χ1n) is 10.9. The van der Waals surface area contributed by atoms with Crippen LogP contribution in [0.2, 0.25) is 5.02 Å². The van der Waals surface area contributed by atoms with Crippen molar-refractivity contribution in [3.05, 3.63) is 87.2 Å². The molecule has 2 aromatic carbocycles. The van der Waals surface area contributed by atoms with Crippen LogP contribution in [0.5, 0.6) is 0 Å². The SMILES string of the molecule is Cc1nn(Cc2ccccc2Cl)c(C)c1/C=C/C(=O)OCC(=O)c1ccc2c(c1)CCC(=O)N2. The Bertz CT molecular complexity index is 1310. The predicted octanol–water partition coefficient (Wildman–Crippen LogP) is 4.53. The van der Waals surface area contributed by atoms with Gasteiger partial charge < -0.3 is 10.1 Å². The molecule has 174 valence electrons. The van der Waals surface area contributed by atoms with Crippen molar-refractivity contribution in [1.29, 1.82) is 0 Å². The zero-order chi connectivity index (χ0) is 24.2. The number of fused-ring (bicyclic) bond motifs is 1. The molecule has 1 aromatic heterocycles. The highest BCUT2D eigenvalue weighted by Gasteiger charge is 2.17. The zero-order valence-corrected chi connectivity index (χ0v) is 19.7. The van der Waals surface area contributed by atoms with Crippen molar-refractivity contribution < 1.29 is 19.1 Å². The van der Waals surface area contributed by atoms with E-state index in [4.69, 9.17) is 16.3 Å². The highest BCUT2D eigenvalue weighted by molar-refractivity contribution is 6.31. The molecule has 0 bridgehead atoms. The molecule has 34 heavy (non-hydrogen) atoms. The van der Waals surface area contributed by atoms with E-state index in [1.807, 2.05) is 42.8 Å². The van der Waals surface area contributed by atoms with Gasteiger partial charge in [-0.05, 0) is 61.7 Å². The van der Waals surface area contributed by atoms with Crippen molar-refractivity contribution in [3.8, 4) is 0 Å². The topological polar surface area (TPSA) is 90.3 Å². The van der Waals surface area contributed by atoms with Crippen LogP contribution in [-0.4, -0.2) is 34.0 Å². The Hall–Kier alpha value is -3.71. The highest BCUT2D eigenvalue weighted by Crippen LogP contribution is 2.24. The number of amides is 1. The van der Waals surface area contributed by atoms with Crippen LogP contribution in [-0.2, 0) is 27.3 Å². The van der Waals surface area contributed by atoms with Gasteiger partial charge in [-0.15, -0.1) is 0 Å². The van der Waals surface area contributed by atoms with Crippen molar-refractivity contribution >= 4 is 41.0 Å². The van der Waals surface area contributed by atoms with Gasteiger partial charge in [0, 0.05) is 40.0 Å². The predicted molar refractivity (Wildman–Crippen MR) is 130 cm³/mol. The summed E-state index contributed by atoms with van der Waals surface area (Å²) >= 11 is 6.26. The lowest BCUT2D eigenvalue weighted by Crippen LogP contribution is -2.20. The molecular weight excluding hydrogens is 454 g/mol. The lowest BCUT2D eigenvalue weighted by Gasteiger charge is -2.17. The number of esters is 1. The maximum atomic E-state index is 12.5. The first-order chi connectivity index (χ1) is 16.3. The van der Waals surface area contributed by atoms with E-state index in [0.29, 0.717) is 35.7 Å². The van der Waals surface area contributed by atoms with Gasteiger partial charge in [0.15, 0.2) is 12.4 Å². The van der Waals surface area contributed by atoms with Gasteiger partial charge in [0.05, 0.1) is 12.2 Å². The van der Waals surface area contributed by atoms with Gasteiger partial charge in [-0.1, -0.05) is 29.8 Å². The molecule has 8 heteroatoms. The fourth-order valence-corrected chi connectivity index (χ4v) is 4.07. The van der Waals surface area contributed by atoms with Gasteiger partial charge >= 0.3 is 5.97 Å². The van der Waals surface area contributed by atoms with E-state index < -0.39 is 5.97 Å². The Balaban J connectivity index is 1.37. The van der Waals surface area contributed by atoms with Gasteiger partial charge in [0.2, 0.25) is 5.91 Å². The number of nitrogens with one attached hydrogen (secondary N) is 1. The number of benzene rings is 2. The summed E-state index contributed by atoms with van der Waals surface area (Å²) in [6, 6.07) is 12.6. The van der Waals surface area contributed by atoms with Crippen LogP contribution in [0.15, 0.2) is 48.5 Å². The molecule has 0 fully saturated rings. The van der Waals surface area contributed by atoms with Crippen molar-refractivity contribution in [3.63, 3.8) is 0 Å². The summed E-state index contributed by atoms with van der Waals surface area (Å²) < 4.78 is 6.99. The molecular formula is C26H24ClN3O4. The van der Waals surface area contributed by atoms with E-state index in [1.165, 1.54) is 6.08 Å². The molecule has 1 aliphatic rings. The van der Waals surface area contributed by atoms with E-state index in [0.717, 1.165) is 28.1 Å². The van der Waals surface area contributed by atoms with Crippen LogP contribution < -0.4 is 5.32 Å². The summed E-state index contributed by atoms with van der Waals surface area (Å²) in [6.07, 6.45) is 3.91. The van der Waals surface area contributed by atoms with Crippen molar-refractivity contribution in [2.75, 3.05) is 11.9 Å². The molecule has 2 heterocycles. The Morgan fingerprint density at radius 1 is 1.18 bits per heavy atom. The molecule has 1 N–H and O–H groups in total. The number of nitrogens with zero attached hydrogens (tertiary/aromatic N) is 2. The number of anilines is 1. The zero-order valence-electron chi connectivity index (χ0n) is 18.9. The minimum atomic E-state index is -0.615. The van der Waals surface area contributed by atoms with E-state index in [-0.39, 0.29) is 18.3 Å². The van der Waals surface area contributed by atoms with Crippen LogP contribution in [0, 0.1) is 13.8 Å². The fraction of sp³-hybridized carbons (Fsp3) is 0.231. The molecule has 1 amide bonds. The number of aromatic nitrogens is 2. The third-order valence-electron chi connectivity index (χ3n) is 5.77. The number of hydrogen-bond acceptors (Lipinski definition) is 5. The first kappa shape index (κ1) is 23.4. The minimum Gasteiger partial charge on any atom is -0.454 e. The van der Waals surface area contributed by atoms with Gasteiger partial charge in [0.1, 0.15) is 0 Å². The number of hydrogen-bond donors (Lipinski definition) is 1. The molecule has 0 radical (unpaired) electrons. The summed E-state index contributed by atoms with van der Waals surface area (Å²) in [5.41, 5.74) is 5.48. The Kier molecular flexibility index (Phi) is 6.93. The third kappa shape index (κ3) is 5.26. The van der Waals surface area contributed by atoms with Crippen LogP contribution >= 0.6 is 11.6 Å². The molecule has 0 atom stereocenters. The molecule has 0 saturated carbocycles.